The Bertz CT molecular complexity index is 1350. The first kappa shape index (κ1) is 32.1. The molecule has 3 rings (SSSR count). The predicted octanol–water partition coefficient (Wildman–Crippen LogP) is -0.239. The fraction of sp³-hybridized carbons (Fsp3) is 0.476. The first-order valence-corrected chi connectivity index (χ1v) is 14.3. The molecule has 1 saturated heterocycles. The van der Waals surface area contributed by atoms with E-state index in [2.05, 4.69) is 30.1 Å². The topological polar surface area (TPSA) is 192 Å². The lowest BCUT2D eigenvalue weighted by Crippen LogP contribution is -2.74. The second kappa shape index (κ2) is 13.0. The zero-order chi connectivity index (χ0) is 30.6. The summed E-state index contributed by atoms with van der Waals surface area (Å²) in [6, 6.07) is -1.37. The normalized spacial score (nSPS) is 21.2. The van der Waals surface area contributed by atoms with Crippen molar-refractivity contribution in [2.75, 3.05) is 16.9 Å². The van der Waals surface area contributed by atoms with E-state index < -0.39 is 69.5 Å². The monoisotopic (exact) mass is 625 g/mol. The van der Waals surface area contributed by atoms with Gasteiger partial charge in [0.1, 0.15) is 28.4 Å². The third-order valence-electron chi connectivity index (χ3n) is 5.27. The molecule has 4 atom stereocenters. The van der Waals surface area contributed by atoms with Crippen LogP contribution in [0.25, 0.3) is 0 Å². The lowest BCUT2D eigenvalue weighted by molar-refractivity contribution is -0.149. The van der Waals surface area contributed by atoms with Crippen LogP contribution in [0.2, 0.25) is 0 Å². The van der Waals surface area contributed by atoms with Crippen LogP contribution in [0.4, 0.5) is 9.93 Å². The zero-order valence-corrected chi connectivity index (χ0v) is 24.4. The quantitative estimate of drug-likeness (QED) is 0.121. The summed E-state index contributed by atoms with van der Waals surface area (Å²) in [4.78, 5) is 72.3. The lowest BCUT2D eigenvalue weighted by atomic mass is 10.0. The Morgan fingerprint density at radius 1 is 1.29 bits per heavy atom. The molecule has 216 valence electrons. The number of oxime groups is 1. The van der Waals surface area contributed by atoms with Crippen molar-refractivity contribution in [3.05, 3.63) is 22.3 Å². The van der Waals surface area contributed by atoms with E-state index in [0.29, 0.717) is 0 Å². The first-order chi connectivity index (χ1) is 19.2. The summed E-state index contributed by atoms with van der Waals surface area (Å²) in [5, 5.41) is 8.68. The number of nitrogens with zero attached hydrogens (tertiary/aromatic N) is 3. The highest BCUT2D eigenvalue weighted by Crippen LogP contribution is 2.35. The molecule has 4 radical (unpaired) electrons. The molecule has 3 heterocycles. The number of thiazole rings is 1. The van der Waals surface area contributed by atoms with Crippen LogP contribution in [0.1, 0.15) is 33.4 Å². The van der Waals surface area contributed by atoms with Crippen LogP contribution in [0.5, 0.6) is 0 Å². The molecule has 1 fully saturated rings. The van der Waals surface area contributed by atoms with Crippen LogP contribution in [-0.2, 0) is 48.9 Å². The summed E-state index contributed by atoms with van der Waals surface area (Å²) >= 11 is 6.76. The molecule has 0 aromatic carbocycles. The van der Waals surface area contributed by atoms with Crippen molar-refractivity contribution in [1.29, 1.82) is 0 Å². The van der Waals surface area contributed by atoms with Crippen molar-refractivity contribution in [3.63, 3.8) is 0 Å². The van der Waals surface area contributed by atoms with Crippen LogP contribution in [0.15, 0.2) is 21.8 Å². The average Bonchev–Trinajstić information content (AvgIpc) is 3.36. The lowest BCUT2D eigenvalue weighted by Gasteiger charge is -2.49. The first-order valence-electron chi connectivity index (χ1n) is 11.5. The van der Waals surface area contributed by atoms with Crippen molar-refractivity contribution < 1.29 is 47.1 Å². The average molecular weight is 626 g/mol. The number of alkyl halides is 1. The minimum atomic E-state index is -1.77. The fourth-order valence-corrected chi connectivity index (χ4v) is 6.22. The van der Waals surface area contributed by atoms with E-state index in [0.717, 1.165) is 16.2 Å². The van der Waals surface area contributed by atoms with Crippen LogP contribution < -0.4 is 10.6 Å². The Labute approximate surface area is 247 Å². The molecule has 41 heavy (non-hydrogen) atoms. The van der Waals surface area contributed by atoms with Gasteiger partial charge < -0.3 is 24.2 Å². The molecule has 1 unspecified atom stereocenters. The third kappa shape index (κ3) is 7.26. The van der Waals surface area contributed by atoms with E-state index in [1.807, 2.05) is 0 Å². The van der Waals surface area contributed by atoms with Crippen LogP contribution in [-0.4, -0.2) is 101 Å². The molecule has 3 amide bonds. The zero-order valence-electron chi connectivity index (χ0n) is 22.0. The van der Waals surface area contributed by atoms with Gasteiger partial charge in [-0.1, -0.05) is 5.16 Å². The molecule has 1 aromatic rings. The summed E-state index contributed by atoms with van der Waals surface area (Å²) in [5.41, 5.74) is -1.52. The number of ether oxygens (including phenoxy) is 1. The van der Waals surface area contributed by atoms with Crippen molar-refractivity contribution in [1.82, 2.24) is 15.2 Å². The summed E-state index contributed by atoms with van der Waals surface area (Å²) < 4.78 is 26.4. The standard InChI is InChI=1S/C21H22B2ClN5O10S2/c1-8(17(32)37-22)39-28-11(10-6-40-19(25-10)27-20(34)36-21(2,3)4)14(30)26-12-15(31)29-13(18(33)38-23)9(5-24)7-41(35)16(12)29/h6,8,12,16H,5,7H2,1-4H3,(H,26,30)(H,25,27,34)/b28-11-/t8-,12-,16-,41?/m1/s1. The number of anilines is 1. The van der Waals surface area contributed by atoms with Crippen molar-refractivity contribution >= 4 is 90.5 Å². The number of rotatable bonds is 9. The van der Waals surface area contributed by atoms with Gasteiger partial charge in [-0.25, -0.2) is 19.4 Å². The maximum absolute atomic E-state index is 13.3. The second-order valence-corrected chi connectivity index (χ2v) is 12.0. The molecule has 0 bridgehead atoms. The summed E-state index contributed by atoms with van der Waals surface area (Å²) in [6.45, 7) is 6.23. The highest BCUT2D eigenvalue weighted by molar-refractivity contribution is 7.86. The maximum atomic E-state index is 13.3. The molecule has 0 spiro atoms. The minimum absolute atomic E-state index is 0.0205. The van der Waals surface area contributed by atoms with E-state index in [1.165, 1.54) is 12.3 Å². The molecular formula is C21H22B2ClN5O10S2. The third-order valence-corrected chi connectivity index (χ3v) is 8.01. The predicted molar refractivity (Wildman–Crippen MR) is 146 cm³/mol. The van der Waals surface area contributed by atoms with Crippen molar-refractivity contribution in [2.24, 2.45) is 5.16 Å². The summed E-state index contributed by atoms with van der Waals surface area (Å²) in [6.07, 6.45) is -2.16. The maximum Gasteiger partial charge on any atom is 0.413 e. The molecule has 2 N–H and O–H groups in total. The van der Waals surface area contributed by atoms with E-state index >= 15 is 0 Å². The number of amides is 3. The molecule has 0 saturated carbocycles. The number of hydrogen-bond acceptors (Lipinski definition) is 13. The van der Waals surface area contributed by atoms with Crippen molar-refractivity contribution in [3.8, 4) is 0 Å². The van der Waals surface area contributed by atoms with Gasteiger partial charge in [-0.2, -0.15) is 0 Å². The Morgan fingerprint density at radius 3 is 2.56 bits per heavy atom. The molecule has 2 aliphatic heterocycles. The fourth-order valence-electron chi connectivity index (χ4n) is 3.52. The Kier molecular flexibility index (Phi) is 10.2. The number of halogens is 1. The number of fused-ring (bicyclic) bond motifs is 1. The number of nitrogens with one attached hydrogen (secondary N) is 2. The van der Waals surface area contributed by atoms with Gasteiger partial charge in [-0.3, -0.25) is 24.0 Å². The van der Waals surface area contributed by atoms with E-state index in [9.17, 15) is 28.2 Å². The van der Waals surface area contributed by atoms with E-state index in [4.69, 9.17) is 37.3 Å². The number of carbonyl (C=O) groups excluding carboxylic acids is 5. The highest BCUT2D eigenvalue weighted by Gasteiger charge is 2.57. The van der Waals surface area contributed by atoms with Gasteiger partial charge in [-0.05, 0) is 33.3 Å². The van der Waals surface area contributed by atoms with Crippen LogP contribution in [0, 0.1) is 0 Å². The molecule has 2 aliphatic rings. The van der Waals surface area contributed by atoms with E-state index in [-0.39, 0.29) is 33.7 Å². The van der Waals surface area contributed by atoms with Crippen LogP contribution in [0.3, 0.4) is 0 Å². The van der Waals surface area contributed by atoms with Crippen molar-refractivity contribution in [2.45, 2.75) is 50.8 Å². The number of hydrogen-bond donors (Lipinski definition) is 2. The minimum Gasteiger partial charge on any atom is -0.541 e. The highest BCUT2D eigenvalue weighted by atomic mass is 35.5. The Balaban J connectivity index is 1.87. The Morgan fingerprint density at radius 2 is 1.98 bits per heavy atom. The SMILES string of the molecule is [B]OC(=O)C1=C(CCl)CS(=O)[C@@H]2[C@H](NC(=O)/C(=N\O[C@H](C)C(=O)O[B])c3csc(NC(=O)OC(C)(C)C)n3)C(=O)N12. The van der Waals surface area contributed by atoms with Gasteiger partial charge in [-0.15, -0.1) is 22.9 Å². The van der Waals surface area contributed by atoms with Gasteiger partial charge in [0.05, 0.1) is 16.6 Å². The van der Waals surface area contributed by atoms with E-state index in [1.54, 1.807) is 20.8 Å². The summed E-state index contributed by atoms with van der Waals surface area (Å²) in [5.74, 6) is -4.30. The largest absolute Gasteiger partial charge is 0.541 e. The number of aromatic nitrogens is 1. The van der Waals surface area contributed by atoms with Gasteiger partial charge in [0, 0.05) is 11.3 Å². The van der Waals surface area contributed by atoms with Gasteiger partial charge in [0.2, 0.25) is 6.10 Å². The molecular weight excluding hydrogens is 603 g/mol. The van der Waals surface area contributed by atoms with Crippen LogP contribution >= 0.6 is 22.9 Å². The number of β-lactam (4-membered cyclic amide) rings is 1. The summed E-state index contributed by atoms with van der Waals surface area (Å²) in [7, 11) is 8.05. The van der Waals surface area contributed by atoms with Gasteiger partial charge in [0.25, 0.3) is 11.8 Å². The smallest absolute Gasteiger partial charge is 0.413 e. The van der Waals surface area contributed by atoms with Gasteiger partial charge >= 0.3 is 34.1 Å². The Hall–Kier alpha value is -3.44. The molecule has 15 nitrogen and oxygen atoms in total. The molecule has 20 heteroatoms. The number of carbonyl (C=O) groups is 5. The van der Waals surface area contributed by atoms with Gasteiger partial charge in [0.15, 0.2) is 10.8 Å². The molecule has 1 aromatic heterocycles. The molecule has 0 aliphatic carbocycles. The second-order valence-electron chi connectivity index (χ2n) is 9.36.